The molecule has 1 N–H and O–H groups in total. The van der Waals surface area contributed by atoms with Crippen LogP contribution in [-0.2, 0) is 9.68 Å². The van der Waals surface area contributed by atoms with Gasteiger partial charge >= 0.3 is 0 Å². The highest BCUT2D eigenvalue weighted by atomic mass is 79.9. The molecule has 1 saturated carbocycles. The molecule has 4 atom stereocenters. The molecule has 486 valence electrons. The number of unbranched alkanes of at least 4 members (excludes halogenated alkanes) is 2. The molecule has 0 saturated heterocycles. The Hall–Kier alpha value is -2.96. The molecule has 0 amide bonds. The van der Waals surface area contributed by atoms with Gasteiger partial charge in [-0.15, -0.1) is 5.59 Å². The molecule has 85 heavy (non-hydrogen) atoms. The van der Waals surface area contributed by atoms with Gasteiger partial charge in [-0.05, 0) is 213 Å². The predicted octanol–water partition coefficient (Wildman–Crippen LogP) is 23.8. The van der Waals surface area contributed by atoms with Crippen LogP contribution in [0.1, 0.15) is 287 Å². The molecule has 2 aliphatic rings. The lowest BCUT2D eigenvalue weighted by atomic mass is 9.87. The number of benzene rings is 2. The minimum absolute atomic E-state index is 0.0685. The number of nitrogens with one attached hydrogen (secondary N) is 1. The number of ketones is 1. The number of allylic oxidation sites excluding steroid dienone is 6. The van der Waals surface area contributed by atoms with E-state index >= 15 is 0 Å². The minimum Gasteiger partial charge on any atom is -0.493 e. The van der Waals surface area contributed by atoms with Gasteiger partial charge in [0, 0.05) is 27.1 Å². The van der Waals surface area contributed by atoms with Crippen LogP contribution in [0.3, 0.4) is 0 Å². The molecule has 4 unspecified atom stereocenters. The number of carbonyl (C=O) groups is 1. The first kappa shape index (κ1) is 80.1. The third-order valence-electron chi connectivity index (χ3n) is 16.4. The van der Waals surface area contributed by atoms with E-state index in [0.29, 0.717) is 25.7 Å². The average molecular weight is 1260 g/mol. The van der Waals surface area contributed by atoms with Crippen LogP contribution >= 0.6 is 27.7 Å². The number of Topliss-reactive ketones (excluding diaryl/α,β-unsaturated/α-hetero) is 1. The highest BCUT2D eigenvalue weighted by Crippen LogP contribution is 2.45. The van der Waals surface area contributed by atoms with Crippen molar-refractivity contribution in [1.29, 1.82) is 0 Å². The number of halogens is 1. The fraction of sp³-hybridized carbons (Fsp3) is 0.693. The van der Waals surface area contributed by atoms with Crippen molar-refractivity contribution in [2.45, 2.75) is 278 Å². The van der Waals surface area contributed by atoms with Crippen molar-refractivity contribution in [3.8, 4) is 5.75 Å². The Morgan fingerprint density at radius 2 is 1.48 bits per heavy atom. The number of hydrogen-bond acceptors (Lipinski definition) is 9. The first-order valence-electron chi connectivity index (χ1n) is 33.9. The van der Waals surface area contributed by atoms with Crippen molar-refractivity contribution in [2.75, 3.05) is 44.8 Å². The van der Waals surface area contributed by atoms with Crippen LogP contribution in [0, 0.1) is 30.6 Å². The van der Waals surface area contributed by atoms with Crippen LogP contribution in [0.2, 0.25) is 0 Å². The second kappa shape index (κ2) is 45.3. The Bertz CT molecular complexity index is 2300. The van der Waals surface area contributed by atoms with Gasteiger partial charge in [0.05, 0.1) is 42.3 Å². The van der Waals surface area contributed by atoms with E-state index in [2.05, 4.69) is 191 Å². The van der Waals surface area contributed by atoms with E-state index in [4.69, 9.17) is 14.4 Å². The SMILES string of the molecule is C=C(C(C)CC)N(c1cc(OCCC)c(C(CCC)CCCCC)cc1C)c1cccc(Br)c1C(=O)C(C)CC.CC1CCCC1.CCCN(C)CCC(C)CC.CCCON(CC1=CC=C(C(S/C=C(\C)CC)=C(C)C)CC1)NOC(C)(C)C. The number of nitrogens with zero attached hydrogens (tertiary/aromatic N) is 3. The van der Waals surface area contributed by atoms with Gasteiger partial charge in [-0.2, -0.15) is 0 Å². The Morgan fingerprint density at radius 3 is 2.00 bits per heavy atom. The third kappa shape index (κ3) is 31.4. The largest absolute Gasteiger partial charge is 0.493 e. The average Bonchev–Trinajstić information content (AvgIpc) is 1.57. The number of hydrazine groups is 1. The van der Waals surface area contributed by atoms with Gasteiger partial charge < -0.3 is 14.5 Å². The maximum Gasteiger partial charge on any atom is 0.168 e. The molecule has 2 aromatic carbocycles. The molecule has 8 nitrogen and oxygen atoms in total. The zero-order valence-corrected chi connectivity index (χ0v) is 61.1. The summed E-state index contributed by atoms with van der Waals surface area (Å²) in [6.07, 6.45) is 28.5. The number of ether oxygens (including phenoxy) is 1. The highest BCUT2D eigenvalue weighted by molar-refractivity contribution is 9.10. The molecular formula is C75H129BrN4O4S. The van der Waals surface area contributed by atoms with E-state index in [1.165, 1.54) is 122 Å². The number of aryl methyl sites for hydroxylation is 1. The van der Waals surface area contributed by atoms with E-state index < -0.39 is 0 Å². The normalized spacial score (nSPS) is 15.1. The van der Waals surface area contributed by atoms with Gasteiger partial charge in [-0.3, -0.25) is 14.5 Å². The molecule has 0 radical (unpaired) electrons. The third-order valence-corrected chi connectivity index (χ3v) is 18.5. The minimum atomic E-state index is -0.276. The van der Waals surface area contributed by atoms with E-state index in [9.17, 15) is 4.79 Å². The van der Waals surface area contributed by atoms with Gasteiger partial charge in [-0.25, -0.2) is 0 Å². The van der Waals surface area contributed by atoms with Crippen molar-refractivity contribution < 1.29 is 19.2 Å². The number of hydrogen-bond donors (Lipinski definition) is 1. The van der Waals surface area contributed by atoms with Crippen molar-refractivity contribution in [1.82, 2.24) is 15.7 Å². The fourth-order valence-corrected chi connectivity index (χ4v) is 11.6. The molecule has 0 aromatic heterocycles. The smallest absolute Gasteiger partial charge is 0.168 e. The fourth-order valence-electron chi connectivity index (χ4n) is 10.0. The Morgan fingerprint density at radius 1 is 0.812 bits per heavy atom. The van der Waals surface area contributed by atoms with Crippen LogP contribution in [0.25, 0.3) is 0 Å². The highest BCUT2D eigenvalue weighted by Gasteiger charge is 2.29. The number of rotatable bonds is 35. The summed E-state index contributed by atoms with van der Waals surface area (Å²) >= 11 is 5.59. The molecule has 2 aromatic rings. The summed E-state index contributed by atoms with van der Waals surface area (Å²) in [7, 11) is 2.21. The molecule has 4 rings (SSSR count). The summed E-state index contributed by atoms with van der Waals surface area (Å²) in [5.41, 5.74) is 14.4. The van der Waals surface area contributed by atoms with Crippen molar-refractivity contribution in [3.63, 3.8) is 0 Å². The standard InChI is InChI=1S/C36H54BrNO2.C23H40N2O2S.C10H23N.C6H12/c1-10-15-16-19-29(18-11-2)30-23-27(8)33(24-34(30)40-22-12-3)38(28(9)25(6)13-4)32-21-17-20-31(37)35(32)36(39)26(7)14-5;1-9-15-26-25(24-27-23(6,7)8)16-20-11-13-21(14-12-20)22(18(3)4)28-17-19(5)10-2;1-5-8-11(4)9-7-10(3)6-2;1-6-4-2-3-5-6/h17,20-21,23-26,29H,9-16,18-19,22H2,1-8H3;11,13,17,24H,9-10,12,14-16H2,1-8H3;10H,5-9H2,1-4H3;6H,2-5H2,1H3/b;19-17+;;. The van der Waals surface area contributed by atoms with Crippen LogP contribution in [-0.4, -0.2) is 61.4 Å². The molecule has 0 heterocycles. The van der Waals surface area contributed by atoms with Gasteiger partial charge in [0.25, 0.3) is 0 Å². The van der Waals surface area contributed by atoms with E-state index in [0.717, 1.165) is 102 Å². The zero-order valence-electron chi connectivity index (χ0n) is 58.7. The molecule has 0 spiro atoms. The van der Waals surface area contributed by atoms with Gasteiger partial charge in [0.2, 0.25) is 0 Å². The first-order chi connectivity index (χ1) is 40.4. The van der Waals surface area contributed by atoms with E-state index in [1.807, 2.05) is 51.6 Å². The monoisotopic (exact) mass is 1260 g/mol. The quantitative estimate of drug-likeness (QED) is 0.0413. The molecule has 0 bridgehead atoms. The number of hydroxylamine groups is 1. The summed E-state index contributed by atoms with van der Waals surface area (Å²) < 4.78 is 7.32. The molecular weight excluding hydrogens is 1130 g/mol. The number of anilines is 2. The van der Waals surface area contributed by atoms with Crippen LogP contribution in [0.4, 0.5) is 11.4 Å². The lowest BCUT2D eigenvalue weighted by molar-refractivity contribution is -0.291. The lowest BCUT2D eigenvalue weighted by Crippen LogP contribution is -2.43. The van der Waals surface area contributed by atoms with E-state index in [-0.39, 0.29) is 23.2 Å². The van der Waals surface area contributed by atoms with Crippen molar-refractivity contribution in [3.05, 3.63) is 109 Å². The molecule has 2 aliphatic carbocycles. The van der Waals surface area contributed by atoms with Crippen molar-refractivity contribution >= 4 is 44.8 Å². The Balaban J connectivity index is 0.000000686. The molecule has 10 heteroatoms. The number of carbonyl (C=O) groups excluding carboxylic acids is 1. The van der Waals surface area contributed by atoms with Crippen LogP contribution in [0.15, 0.2) is 91.8 Å². The van der Waals surface area contributed by atoms with E-state index in [1.54, 1.807) is 5.17 Å². The maximum atomic E-state index is 13.7. The second-order valence-corrected chi connectivity index (χ2v) is 27.6. The second-order valence-electron chi connectivity index (χ2n) is 25.9. The summed E-state index contributed by atoms with van der Waals surface area (Å²) in [5.74, 6) is 3.73. The molecule has 1 fully saturated rings. The summed E-state index contributed by atoms with van der Waals surface area (Å²) in [6, 6.07) is 10.7. The maximum absolute atomic E-state index is 13.7. The van der Waals surface area contributed by atoms with Crippen molar-refractivity contribution in [2.24, 2.45) is 23.7 Å². The zero-order chi connectivity index (χ0) is 64.1. The van der Waals surface area contributed by atoms with Crippen LogP contribution in [0.5, 0.6) is 5.75 Å². The first-order valence-corrected chi connectivity index (χ1v) is 35.6. The summed E-state index contributed by atoms with van der Waals surface area (Å²) in [5, 5.41) is 4.00. The topological polar surface area (TPSA) is 66.5 Å². The predicted molar refractivity (Wildman–Crippen MR) is 379 cm³/mol. The van der Waals surface area contributed by atoms with Gasteiger partial charge in [0.1, 0.15) is 5.75 Å². The Labute approximate surface area is 537 Å². The summed E-state index contributed by atoms with van der Waals surface area (Å²) in [4.78, 5) is 31.3. The lowest BCUT2D eigenvalue weighted by Gasteiger charge is -2.34. The van der Waals surface area contributed by atoms with Gasteiger partial charge in [0.15, 0.2) is 5.78 Å². The Kier molecular flexibility index (Phi) is 42.7. The molecule has 0 aliphatic heterocycles. The van der Waals surface area contributed by atoms with Crippen LogP contribution < -0.4 is 15.2 Å². The number of thioether (sulfide) groups is 1. The van der Waals surface area contributed by atoms with Gasteiger partial charge in [-0.1, -0.05) is 212 Å². The summed E-state index contributed by atoms with van der Waals surface area (Å²) in [6.45, 7) is 52.7.